The van der Waals surface area contributed by atoms with Gasteiger partial charge in [-0.2, -0.15) is 0 Å². The summed E-state index contributed by atoms with van der Waals surface area (Å²) in [6.45, 7) is 3.61. The van der Waals surface area contributed by atoms with E-state index in [1.807, 2.05) is 29.6 Å². The van der Waals surface area contributed by atoms with Gasteiger partial charge in [0.05, 0.1) is 24.3 Å². The Hall–Kier alpha value is -1.47. The molecule has 2 bridgehead atoms. The SMILES string of the molecule is O=C(Nc1nc(-c2ccccc2Cl)cs1)C12CC(C1)C(N1CCOCC1)C2. The number of anilines is 1. The fourth-order valence-corrected chi connectivity index (χ4v) is 5.86. The molecule has 1 amide bonds. The number of carbonyl (C=O) groups excluding carboxylic acids is 1. The molecule has 4 aliphatic rings. The molecular formula is C20H22ClN3O2S. The number of ether oxygens (including phenoxy) is 1. The maximum Gasteiger partial charge on any atom is 0.232 e. The number of nitrogens with one attached hydrogen (secondary N) is 1. The average molecular weight is 404 g/mol. The van der Waals surface area contributed by atoms with Crippen molar-refractivity contribution in [3.8, 4) is 11.3 Å². The maximum atomic E-state index is 13.0. The van der Waals surface area contributed by atoms with Crippen LogP contribution in [0.3, 0.4) is 0 Å². The summed E-state index contributed by atoms with van der Waals surface area (Å²) in [6.07, 6.45) is 2.97. The third-order valence-electron chi connectivity index (χ3n) is 6.32. The number of nitrogens with zero attached hydrogens (tertiary/aromatic N) is 2. The predicted octanol–water partition coefficient (Wildman–Crippen LogP) is 3.90. The number of amides is 1. The molecule has 7 heteroatoms. The first kappa shape index (κ1) is 17.6. The van der Waals surface area contributed by atoms with Gasteiger partial charge in [-0.3, -0.25) is 9.69 Å². The zero-order valence-corrected chi connectivity index (χ0v) is 16.6. The van der Waals surface area contributed by atoms with Crippen molar-refractivity contribution in [3.63, 3.8) is 0 Å². The van der Waals surface area contributed by atoms with Crippen molar-refractivity contribution >= 4 is 34.0 Å². The Bertz CT molecular complexity index is 858. The molecule has 27 heavy (non-hydrogen) atoms. The monoisotopic (exact) mass is 403 g/mol. The van der Waals surface area contributed by atoms with Gasteiger partial charge >= 0.3 is 0 Å². The molecule has 2 heterocycles. The number of hydrogen-bond donors (Lipinski definition) is 1. The average Bonchev–Trinajstić information content (AvgIpc) is 3.36. The van der Waals surface area contributed by atoms with Crippen LogP contribution in [0.2, 0.25) is 5.02 Å². The Kier molecular flexibility index (Phi) is 4.47. The van der Waals surface area contributed by atoms with Gasteiger partial charge in [0.25, 0.3) is 0 Å². The van der Waals surface area contributed by atoms with Crippen molar-refractivity contribution in [1.82, 2.24) is 9.88 Å². The quantitative estimate of drug-likeness (QED) is 0.841. The molecule has 0 spiro atoms. The van der Waals surface area contributed by atoms with E-state index in [-0.39, 0.29) is 11.3 Å². The van der Waals surface area contributed by atoms with E-state index in [1.165, 1.54) is 11.3 Å². The number of rotatable bonds is 4. The summed E-state index contributed by atoms with van der Waals surface area (Å²) in [7, 11) is 0. The smallest absolute Gasteiger partial charge is 0.232 e. The number of thiazole rings is 1. The summed E-state index contributed by atoms with van der Waals surface area (Å²) in [5.74, 6) is 0.790. The van der Waals surface area contributed by atoms with Crippen LogP contribution in [-0.4, -0.2) is 48.1 Å². The van der Waals surface area contributed by atoms with E-state index in [1.54, 1.807) is 0 Å². The molecule has 2 aromatic rings. The fraction of sp³-hybridized carbons (Fsp3) is 0.500. The molecule has 0 radical (unpaired) electrons. The molecule has 3 aliphatic carbocycles. The van der Waals surface area contributed by atoms with Gasteiger partial charge < -0.3 is 10.1 Å². The molecule has 4 fully saturated rings. The van der Waals surface area contributed by atoms with Crippen molar-refractivity contribution in [2.24, 2.45) is 11.3 Å². The number of carbonyl (C=O) groups is 1. The molecule has 1 N–H and O–H groups in total. The van der Waals surface area contributed by atoms with Gasteiger partial charge in [0, 0.05) is 35.1 Å². The highest BCUT2D eigenvalue weighted by Gasteiger charge is 2.61. The van der Waals surface area contributed by atoms with E-state index < -0.39 is 0 Å². The van der Waals surface area contributed by atoms with Crippen LogP contribution in [0.25, 0.3) is 11.3 Å². The second-order valence-corrected chi connectivity index (χ2v) is 9.11. The van der Waals surface area contributed by atoms with E-state index in [0.29, 0.717) is 22.1 Å². The number of morpholine rings is 1. The second-order valence-electron chi connectivity index (χ2n) is 7.84. The summed E-state index contributed by atoms with van der Waals surface area (Å²) < 4.78 is 5.47. The summed E-state index contributed by atoms with van der Waals surface area (Å²) >= 11 is 7.72. The van der Waals surface area contributed by atoms with Crippen LogP contribution in [-0.2, 0) is 9.53 Å². The minimum absolute atomic E-state index is 0.134. The molecule has 3 saturated carbocycles. The van der Waals surface area contributed by atoms with Gasteiger partial charge in [0.15, 0.2) is 5.13 Å². The topological polar surface area (TPSA) is 54.5 Å². The van der Waals surface area contributed by atoms with Crippen molar-refractivity contribution in [2.75, 3.05) is 31.6 Å². The largest absolute Gasteiger partial charge is 0.379 e. The molecule has 1 aromatic heterocycles. The standard InChI is InChI=1S/C20H22ClN3O2S/c21-15-4-2-1-3-14(15)16-12-27-19(22-16)23-18(25)20-9-13(10-20)17(11-20)24-5-7-26-8-6-24/h1-4,12-13,17H,5-11H2,(H,22,23,25). The van der Waals surface area contributed by atoms with E-state index in [0.717, 1.165) is 56.8 Å². The van der Waals surface area contributed by atoms with Crippen molar-refractivity contribution < 1.29 is 9.53 Å². The lowest BCUT2D eigenvalue weighted by molar-refractivity contribution is -0.129. The highest BCUT2D eigenvalue weighted by molar-refractivity contribution is 7.14. The molecule has 1 aliphatic heterocycles. The molecule has 6 rings (SSSR count). The molecule has 142 valence electrons. The van der Waals surface area contributed by atoms with E-state index in [9.17, 15) is 4.79 Å². The lowest BCUT2D eigenvalue weighted by Crippen LogP contribution is -2.44. The summed E-state index contributed by atoms with van der Waals surface area (Å²) in [4.78, 5) is 20.1. The van der Waals surface area contributed by atoms with Crippen LogP contribution in [0.15, 0.2) is 29.6 Å². The van der Waals surface area contributed by atoms with E-state index in [4.69, 9.17) is 16.3 Å². The second kappa shape index (κ2) is 6.85. The summed E-state index contributed by atoms with van der Waals surface area (Å²) in [5.41, 5.74) is 1.50. The Balaban J connectivity index is 1.26. The highest BCUT2D eigenvalue weighted by atomic mass is 35.5. The van der Waals surface area contributed by atoms with Gasteiger partial charge in [-0.05, 0) is 31.2 Å². The van der Waals surface area contributed by atoms with Crippen molar-refractivity contribution in [3.05, 3.63) is 34.7 Å². The fourth-order valence-electron chi connectivity index (χ4n) is 4.92. The van der Waals surface area contributed by atoms with E-state index in [2.05, 4.69) is 15.2 Å². The zero-order valence-electron chi connectivity index (χ0n) is 15.0. The van der Waals surface area contributed by atoms with Crippen molar-refractivity contribution in [1.29, 1.82) is 0 Å². The van der Waals surface area contributed by atoms with Gasteiger partial charge in [0.1, 0.15) is 0 Å². The first-order valence-corrected chi connectivity index (χ1v) is 10.7. The zero-order chi connectivity index (χ0) is 18.4. The maximum absolute atomic E-state index is 13.0. The molecule has 1 atom stereocenters. The third-order valence-corrected chi connectivity index (χ3v) is 7.41. The molecule has 1 aromatic carbocycles. The van der Waals surface area contributed by atoms with Crippen LogP contribution >= 0.6 is 22.9 Å². The Labute approximate surface area is 167 Å². The minimum atomic E-state index is -0.205. The van der Waals surface area contributed by atoms with Crippen LogP contribution in [0.1, 0.15) is 19.3 Å². The van der Waals surface area contributed by atoms with Gasteiger partial charge in [0.2, 0.25) is 5.91 Å². The predicted molar refractivity (Wildman–Crippen MR) is 107 cm³/mol. The molecule has 1 saturated heterocycles. The molecular weight excluding hydrogens is 382 g/mol. The minimum Gasteiger partial charge on any atom is -0.379 e. The van der Waals surface area contributed by atoms with Crippen molar-refractivity contribution in [2.45, 2.75) is 25.3 Å². The van der Waals surface area contributed by atoms with Crippen LogP contribution < -0.4 is 5.32 Å². The van der Waals surface area contributed by atoms with Gasteiger partial charge in [-0.15, -0.1) is 11.3 Å². The molecule has 5 nitrogen and oxygen atoms in total. The number of benzene rings is 1. The van der Waals surface area contributed by atoms with Gasteiger partial charge in [-0.1, -0.05) is 29.8 Å². The van der Waals surface area contributed by atoms with Gasteiger partial charge in [-0.25, -0.2) is 4.98 Å². The third kappa shape index (κ3) is 3.09. The normalized spacial score (nSPS) is 30.1. The summed E-state index contributed by atoms with van der Waals surface area (Å²) in [5, 5.41) is 6.35. The highest BCUT2D eigenvalue weighted by Crippen LogP contribution is 2.60. The van der Waals surface area contributed by atoms with Crippen LogP contribution in [0.4, 0.5) is 5.13 Å². The number of aromatic nitrogens is 1. The first-order valence-electron chi connectivity index (χ1n) is 9.48. The number of fused-ring (bicyclic) bond motifs is 1. The summed E-state index contributed by atoms with van der Waals surface area (Å²) in [6, 6.07) is 8.18. The van der Waals surface area contributed by atoms with Crippen LogP contribution in [0, 0.1) is 11.3 Å². The first-order chi connectivity index (χ1) is 13.1. The Morgan fingerprint density at radius 3 is 2.81 bits per heavy atom. The number of halogens is 1. The lowest BCUT2D eigenvalue weighted by atomic mass is 9.69. The lowest BCUT2D eigenvalue weighted by Gasteiger charge is -2.38. The van der Waals surface area contributed by atoms with E-state index >= 15 is 0 Å². The number of hydrogen-bond acceptors (Lipinski definition) is 5. The van der Waals surface area contributed by atoms with Crippen LogP contribution in [0.5, 0.6) is 0 Å². The Morgan fingerprint density at radius 2 is 2.04 bits per heavy atom. The Morgan fingerprint density at radius 1 is 1.26 bits per heavy atom. The molecule has 1 unspecified atom stereocenters.